The summed E-state index contributed by atoms with van der Waals surface area (Å²) in [5.74, 6) is 0.865. The average Bonchev–Trinajstić information content (AvgIpc) is 2.56. The van der Waals surface area contributed by atoms with Gasteiger partial charge in [-0.05, 0) is 44.0 Å². The molecule has 0 heterocycles. The van der Waals surface area contributed by atoms with Crippen LogP contribution in [-0.2, 0) is 4.79 Å². The molecule has 5 nitrogen and oxygen atoms in total. The molecule has 1 amide bonds. The summed E-state index contributed by atoms with van der Waals surface area (Å²) in [6.07, 6.45) is 4.80. The molecule has 0 aromatic heterocycles. The second-order valence-electron chi connectivity index (χ2n) is 5.76. The molecule has 0 saturated heterocycles. The van der Waals surface area contributed by atoms with Crippen molar-refractivity contribution in [2.45, 2.75) is 46.1 Å². The van der Waals surface area contributed by atoms with Gasteiger partial charge in [0.1, 0.15) is 11.6 Å². The molecule has 0 atom stereocenters. The van der Waals surface area contributed by atoms with Crippen LogP contribution in [0.4, 0.5) is 0 Å². The van der Waals surface area contributed by atoms with Crippen LogP contribution in [0.1, 0.15) is 45.6 Å². The van der Waals surface area contributed by atoms with E-state index in [1.54, 1.807) is 31.4 Å². The average molecular weight is 330 g/mol. The van der Waals surface area contributed by atoms with E-state index < -0.39 is 0 Å². The first-order chi connectivity index (χ1) is 11.5. The maximum Gasteiger partial charge on any atom is 0.262 e. The topological polar surface area (TPSA) is 71.3 Å². The zero-order valence-corrected chi connectivity index (χ0v) is 14.9. The van der Waals surface area contributed by atoms with Crippen molar-refractivity contribution in [3.05, 3.63) is 29.3 Å². The quantitative estimate of drug-likeness (QED) is 0.426. The van der Waals surface area contributed by atoms with Crippen LogP contribution in [0.3, 0.4) is 0 Å². The highest BCUT2D eigenvalue weighted by Gasteiger charge is 2.11. The molecule has 1 aromatic carbocycles. The number of methoxy groups -OCH3 is 1. The van der Waals surface area contributed by atoms with Crippen LogP contribution in [0.25, 0.3) is 6.08 Å². The third kappa shape index (κ3) is 6.33. The largest absolute Gasteiger partial charge is 0.493 e. The number of carbonyl (C=O) groups is 1. The van der Waals surface area contributed by atoms with Crippen LogP contribution in [-0.4, -0.2) is 25.7 Å². The summed E-state index contributed by atoms with van der Waals surface area (Å²) in [5, 5.41) is 11.9. The van der Waals surface area contributed by atoms with Crippen molar-refractivity contribution in [2.75, 3.05) is 13.7 Å². The number of amides is 1. The van der Waals surface area contributed by atoms with Gasteiger partial charge in [-0.3, -0.25) is 4.79 Å². The van der Waals surface area contributed by atoms with E-state index in [4.69, 9.17) is 9.47 Å². The number of ether oxygens (including phenoxy) is 2. The van der Waals surface area contributed by atoms with Crippen LogP contribution >= 0.6 is 0 Å². The Hall–Kier alpha value is -2.48. The molecule has 1 rings (SSSR count). The molecule has 0 aliphatic rings. The number of nitrogens with zero attached hydrogens (tertiary/aromatic N) is 1. The van der Waals surface area contributed by atoms with E-state index in [2.05, 4.69) is 12.2 Å². The van der Waals surface area contributed by atoms with E-state index in [0.29, 0.717) is 23.7 Å². The predicted molar refractivity (Wildman–Crippen MR) is 94.9 cm³/mol. The molecule has 0 radical (unpaired) electrons. The first kappa shape index (κ1) is 19.6. The van der Waals surface area contributed by atoms with Crippen molar-refractivity contribution >= 4 is 12.0 Å². The van der Waals surface area contributed by atoms with Crippen molar-refractivity contribution in [3.63, 3.8) is 0 Å². The lowest BCUT2D eigenvalue weighted by Crippen LogP contribution is -2.30. The summed E-state index contributed by atoms with van der Waals surface area (Å²) in [4.78, 5) is 12.0. The number of nitriles is 1. The Morgan fingerprint density at radius 3 is 2.67 bits per heavy atom. The second kappa shape index (κ2) is 10.3. The zero-order valence-electron chi connectivity index (χ0n) is 14.9. The van der Waals surface area contributed by atoms with Gasteiger partial charge in [0.05, 0.1) is 13.7 Å². The first-order valence-corrected chi connectivity index (χ1v) is 8.25. The van der Waals surface area contributed by atoms with E-state index in [1.165, 1.54) is 0 Å². The molecule has 0 aliphatic carbocycles. The Balaban J connectivity index is 2.91. The SMILES string of the molecule is CCCCCOc1ccc(/C=C(/C#N)C(=O)NC(C)C)cc1OC. The molecule has 0 unspecified atom stereocenters. The summed E-state index contributed by atoms with van der Waals surface area (Å²) in [5.41, 5.74) is 0.769. The highest BCUT2D eigenvalue weighted by atomic mass is 16.5. The minimum absolute atomic E-state index is 0.0253. The summed E-state index contributed by atoms with van der Waals surface area (Å²) < 4.78 is 11.1. The maximum atomic E-state index is 12.0. The van der Waals surface area contributed by atoms with Crippen molar-refractivity contribution in [3.8, 4) is 17.6 Å². The highest BCUT2D eigenvalue weighted by Crippen LogP contribution is 2.29. The minimum atomic E-state index is -0.383. The van der Waals surface area contributed by atoms with Gasteiger partial charge in [0.15, 0.2) is 11.5 Å². The Kier molecular flexibility index (Phi) is 8.42. The standard InChI is InChI=1S/C19H26N2O3/c1-5-6-7-10-24-17-9-8-15(12-18(17)23-4)11-16(13-20)19(22)21-14(2)3/h8-9,11-12,14H,5-7,10H2,1-4H3,(H,21,22)/b16-11-. The maximum absolute atomic E-state index is 12.0. The highest BCUT2D eigenvalue weighted by molar-refractivity contribution is 6.01. The fraction of sp³-hybridized carbons (Fsp3) is 0.474. The second-order valence-corrected chi connectivity index (χ2v) is 5.76. The number of rotatable bonds is 9. The van der Waals surface area contributed by atoms with Gasteiger partial charge in [0.25, 0.3) is 5.91 Å². The van der Waals surface area contributed by atoms with Gasteiger partial charge in [-0.2, -0.15) is 5.26 Å². The van der Waals surface area contributed by atoms with Crippen LogP contribution < -0.4 is 14.8 Å². The smallest absolute Gasteiger partial charge is 0.262 e. The van der Waals surface area contributed by atoms with Gasteiger partial charge >= 0.3 is 0 Å². The molecular formula is C19H26N2O3. The Morgan fingerprint density at radius 2 is 2.08 bits per heavy atom. The zero-order chi connectivity index (χ0) is 17.9. The molecule has 0 aliphatic heterocycles. The van der Waals surface area contributed by atoms with Crippen molar-refractivity contribution in [2.24, 2.45) is 0 Å². The molecule has 1 aromatic rings. The summed E-state index contributed by atoms with van der Waals surface area (Å²) >= 11 is 0. The number of hydrogen-bond donors (Lipinski definition) is 1. The number of hydrogen-bond acceptors (Lipinski definition) is 4. The van der Waals surface area contributed by atoms with Crippen molar-refractivity contribution in [1.29, 1.82) is 5.26 Å². The van der Waals surface area contributed by atoms with Gasteiger partial charge in [0, 0.05) is 6.04 Å². The Labute approximate surface area is 144 Å². The molecular weight excluding hydrogens is 304 g/mol. The van der Waals surface area contributed by atoms with E-state index in [0.717, 1.165) is 19.3 Å². The molecule has 1 N–H and O–H groups in total. The fourth-order valence-electron chi connectivity index (χ4n) is 2.08. The molecule has 130 valence electrons. The number of carbonyl (C=O) groups excluding carboxylic acids is 1. The number of nitrogens with one attached hydrogen (secondary N) is 1. The van der Waals surface area contributed by atoms with Gasteiger partial charge in [0.2, 0.25) is 0 Å². The van der Waals surface area contributed by atoms with Crippen LogP contribution in [0.2, 0.25) is 0 Å². The van der Waals surface area contributed by atoms with Crippen LogP contribution in [0.5, 0.6) is 11.5 Å². The number of benzene rings is 1. The lowest BCUT2D eigenvalue weighted by atomic mass is 10.1. The lowest BCUT2D eigenvalue weighted by molar-refractivity contribution is -0.117. The summed E-state index contributed by atoms with van der Waals surface area (Å²) in [7, 11) is 1.57. The molecule has 0 fully saturated rings. The fourth-order valence-corrected chi connectivity index (χ4v) is 2.08. The third-order valence-corrected chi connectivity index (χ3v) is 3.29. The van der Waals surface area contributed by atoms with Gasteiger partial charge < -0.3 is 14.8 Å². The molecule has 0 spiro atoms. The van der Waals surface area contributed by atoms with Crippen molar-refractivity contribution < 1.29 is 14.3 Å². The number of unbranched alkanes of at least 4 members (excludes halogenated alkanes) is 2. The minimum Gasteiger partial charge on any atom is -0.493 e. The predicted octanol–water partition coefficient (Wildman–Crippen LogP) is 3.70. The van der Waals surface area contributed by atoms with E-state index in [9.17, 15) is 10.1 Å². The molecule has 0 bridgehead atoms. The normalized spacial score (nSPS) is 11.1. The van der Waals surface area contributed by atoms with Crippen LogP contribution in [0, 0.1) is 11.3 Å². The molecule has 24 heavy (non-hydrogen) atoms. The van der Waals surface area contributed by atoms with Gasteiger partial charge in [-0.1, -0.05) is 25.8 Å². The van der Waals surface area contributed by atoms with Crippen LogP contribution in [0.15, 0.2) is 23.8 Å². The Bertz CT molecular complexity index is 616. The lowest BCUT2D eigenvalue weighted by Gasteiger charge is -2.11. The molecule has 5 heteroatoms. The molecule has 0 saturated carbocycles. The summed E-state index contributed by atoms with van der Waals surface area (Å²) in [6, 6.07) is 7.27. The van der Waals surface area contributed by atoms with E-state index in [-0.39, 0.29) is 17.5 Å². The Morgan fingerprint density at radius 1 is 1.33 bits per heavy atom. The third-order valence-electron chi connectivity index (χ3n) is 3.29. The monoisotopic (exact) mass is 330 g/mol. The van der Waals surface area contributed by atoms with E-state index in [1.807, 2.05) is 19.9 Å². The van der Waals surface area contributed by atoms with Gasteiger partial charge in [-0.25, -0.2) is 0 Å². The summed E-state index contributed by atoms with van der Waals surface area (Å²) in [6.45, 7) is 6.48. The van der Waals surface area contributed by atoms with Gasteiger partial charge in [-0.15, -0.1) is 0 Å². The first-order valence-electron chi connectivity index (χ1n) is 8.25. The van der Waals surface area contributed by atoms with Crippen molar-refractivity contribution in [1.82, 2.24) is 5.32 Å². The van der Waals surface area contributed by atoms with E-state index >= 15 is 0 Å².